The third-order valence-electron chi connectivity index (χ3n) is 3.30. The number of rotatable bonds is 4. The molecule has 0 aliphatic heterocycles. The third-order valence-corrected chi connectivity index (χ3v) is 3.30. The smallest absolute Gasteiger partial charge is 0.0711 e. The lowest BCUT2D eigenvalue weighted by Crippen LogP contribution is -2.29. The van der Waals surface area contributed by atoms with Crippen molar-refractivity contribution < 1.29 is 0 Å². The molecule has 0 radical (unpaired) electrons. The van der Waals surface area contributed by atoms with Crippen molar-refractivity contribution in [3.05, 3.63) is 64.5 Å². The Bertz CT molecular complexity index is 543. The first kappa shape index (κ1) is 13.7. The first-order valence-electron chi connectivity index (χ1n) is 6.64. The number of nitrogens with two attached hydrogens (primary N) is 1. The van der Waals surface area contributed by atoms with Crippen LogP contribution in [0, 0.1) is 13.8 Å². The number of aromatic nitrogens is 1. The standard InChI is InChI=1S/C16H21N3/c1-4-13-6-5-7-14(10-13)16(19-17)15-8-11(2)18-12(3)9-15/h5-10,16,19H,4,17H2,1-3H3. The van der Waals surface area contributed by atoms with Gasteiger partial charge < -0.3 is 0 Å². The number of benzene rings is 1. The molecule has 19 heavy (non-hydrogen) atoms. The van der Waals surface area contributed by atoms with Gasteiger partial charge in [0.1, 0.15) is 0 Å². The van der Waals surface area contributed by atoms with Gasteiger partial charge in [0, 0.05) is 11.4 Å². The molecule has 1 unspecified atom stereocenters. The van der Waals surface area contributed by atoms with Crippen molar-refractivity contribution in [3.63, 3.8) is 0 Å². The second-order valence-electron chi connectivity index (χ2n) is 4.88. The highest BCUT2D eigenvalue weighted by molar-refractivity contribution is 5.35. The molecule has 1 aromatic carbocycles. The van der Waals surface area contributed by atoms with E-state index in [1.165, 1.54) is 11.1 Å². The number of hydrogen-bond donors (Lipinski definition) is 2. The van der Waals surface area contributed by atoms with E-state index in [-0.39, 0.29) is 6.04 Å². The highest BCUT2D eigenvalue weighted by atomic mass is 15.2. The number of hydrogen-bond acceptors (Lipinski definition) is 3. The third kappa shape index (κ3) is 3.19. The van der Waals surface area contributed by atoms with E-state index in [4.69, 9.17) is 5.84 Å². The molecule has 1 heterocycles. The number of pyridine rings is 1. The average molecular weight is 255 g/mol. The van der Waals surface area contributed by atoms with E-state index in [1.54, 1.807) is 0 Å². The maximum absolute atomic E-state index is 5.76. The molecule has 0 fully saturated rings. The minimum Gasteiger partial charge on any atom is -0.271 e. The van der Waals surface area contributed by atoms with Crippen LogP contribution in [0.3, 0.4) is 0 Å². The lowest BCUT2D eigenvalue weighted by molar-refractivity contribution is 0.634. The first-order chi connectivity index (χ1) is 9.13. The van der Waals surface area contributed by atoms with Crippen molar-refractivity contribution in [1.82, 2.24) is 10.4 Å². The predicted molar refractivity (Wildman–Crippen MR) is 78.7 cm³/mol. The van der Waals surface area contributed by atoms with Crippen LogP contribution in [-0.2, 0) is 6.42 Å². The summed E-state index contributed by atoms with van der Waals surface area (Å²) in [4.78, 5) is 4.41. The molecule has 3 nitrogen and oxygen atoms in total. The van der Waals surface area contributed by atoms with Gasteiger partial charge in [0.15, 0.2) is 0 Å². The van der Waals surface area contributed by atoms with Crippen LogP contribution >= 0.6 is 0 Å². The van der Waals surface area contributed by atoms with Crippen LogP contribution in [0.4, 0.5) is 0 Å². The van der Waals surface area contributed by atoms with Gasteiger partial charge in [-0.25, -0.2) is 5.43 Å². The van der Waals surface area contributed by atoms with Crippen LogP contribution in [0.2, 0.25) is 0 Å². The summed E-state index contributed by atoms with van der Waals surface area (Å²) in [7, 11) is 0. The Labute approximate surface area is 114 Å². The van der Waals surface area contributed by atoms with E-state index < -0.39 is 0 Å². The zero-order valence-electron chi connectivity index (χ0n) is 11.8. The van der Waals surface area contributed by atoms with Gasteiger partial charge in [-0.2, -0.15) is 0 Å². The molecule has 3 N–H and O–H groups in total. The second kappa shape index (κ2) is 5.95. The van der Waals surface area contributed by atoms with E-state index >= 15 is 0 Å². The maximum Gasteiger partial charge on any atom is 0.0711 e. The van der Waals surface area contributed by atoms with Crippen LogP contribution in [0.1, 0.15) is 41.0 Å². The lowest BCUT2D eigenvalue weighted by atomic mass is 9.96. The molecule has 0 saturated carbocycles. The summed E-state index contributed by atoms with van der Waals surface area (Å²) < 4.78 is 0. The molecule has 100 valence electrons. The largest absolute Gasteiger partial charge is 0.271 e. The summed E-state index contributed by atoms with van der Waals surface area (Å²) in [5.41, 5.74) is 8.60. The highest BCUT2D eigenvalue weighted by Gasteiger charge is 2.13. The first-order valence-corrected chi connectivity index (χ1v) is 6.64. The minimum absolute atomic E-state index is 0.00639. The fourth-order valence-corrected chi connectivity index (χ4v) is 2.41. The Kier molecular flexibility index (Phi) is 4.30. The van der Waals surface area contributed by atoms with Gasteiger partial charge in [0.05, 0.1) is 6.04 Å². The Morgan fingerprint density at radius 3 is 2.37 bits per heavy atom. The van der Waals surface area contributed by atoms with Gasteiger partial charge in [-0.15, -0.1) is 0 Å². The summed E-state index contributed by atoms with van der Waals surface area (Å²) in [6, 6.07) is 12.7. The van der Waals surface area contributed by atoms with E-state index in [0.717, 1.165) is 23.4 Å². The SMILES string of the molecule is CCc1cccc(C(NN)c2cc(C)nc(C)c2)c1. The number of nitrogens with zero attached hydrogens (tertiary/aromatic N) is 1. The van der Waals surface area contributed by atoms with Gasteiger partial charge in [0.2, 0.25) is 0 Å². The second-order valence-corrected chi connectivity index (χ2v) is 4.88. The molecule has 1 atom stereocenters. The molecule has 0 aliphatic rings. The quantitative estimate of drug-likeness (QED) is 0.652. The molecule has 0 aliphatic carbocycles. The number of aryl methyl sites for hydroxylation is 3. The van der Waals surface area contributed by atoms with Gasteiger partial charge in [-0.3, -0.25) is 10.8 Å². The van der Waals surface area contributed by atoms with Crippen molar-refractivity contribution in [2.75, 3.05) is 0 Å². The molecule has 0 bridgehead atoms. The summed E-state index contributed by atoms with van der Waals surface area (Å²) in [6.07, 6.45) is 1.03. The minimum atomic E-state index is 0.00639. The highest BCUT2D eigenvalue weighted by Crippen LogP contribution is 2.23. The van der Waals surface area contributed by atoms with Gasteiger partial charge >= 0.3 is 0 Å². The number of nitrogens with one attached hydrogen (secondary N) is 1. The normalized spacial score (nSPS) is 12.4. The molecule has 0 saturated heterocycles. The monoisotopic (exact) mass is 255 g/mol. The zero-order chi connectivity index (χ0) is 13.8. The van der Waals surface area contributed by atoms with Gasteiger partial charge in [-0.1, -0.05) is 31.2 Å². The summed E-state index contributed by atoms with van der Waals surface area (Å²) in [5, 5.41) is 0. The van der Waals surface area contributed by atoms with E-state index in [9.17, 15) is 0 Å². The number of hydrazine groups is 1. The van der Waals surface area contributed by atoms with Crippen molar-refractivity contribution in [2.24, 2.45) is 5.84 Å². The predicted octanol–water partition coefficient (Wildman–Crippen LogP) is 2.81. The Morgan fingerprint density at radius 2 is 1.79 bits per heavy atom. The van der Waals surface area contributed by atoms with E-state index in [2.05, 4.69) is 53.7 Å². The van der Waals surface area contributed by atoms with Crippen molar-refractivity contribution in [3.8, 4) is 0 Å². The van der Waals surface area contributed by atoms with Crippen molar-refractivity contribution in [1.29, 1.82) is 0 Å². The fraction of sp³-hybridized carbons (Fsp3) is 0.312. The van der Waals surface area contributed by atoms with Gasteiger partial charge in [0.25, 0.3) is 0 Å². The molecule has 3 heteroatoms. The summed E-state index contributed by atoms with van der Waals surface area (Å²) >= 11 is 0. The van der Waals surface area contributed by atoms with Crippen molar-refractivity contribution >= 4 is 0 Å². The Morgan fingerprint density at radius 1 is 1.11 bits per heavy atom. The molecular weight excluding hydrogens is 234 g/mol. The molecular formula is C16H21N3. The topological polar surface area (TPSA) is 50.9 Å². The fourth-order valence-electron chi connectivity index (χ4n) is 2.41. The molecule has 0 amide bonds. The zero-order valence-corrected chi connectivity index (χ0v) is 11.8. The van der Waals surface area contributed by atoms with Gasteiger partial charge in [-0.05, 0) is 49.1 Å². The van der Waals surface area contributed by atoms with Crippen molar-refractivity contribution in [2.45, 2.75) is 33.2 Å². The summed E-state index contributed by atoms with van der Waals surface area (Å²) in [6.45, 7) is 6.17. The van der Waals surface area contributed by atoms with Crippen LogP contribution in [0.15, 0.2) is 36.4 Å². The summed E-state index contributed by atoms with van der Waals surface area (Å²) in [5.74, 6) is 5.76. The van der Waals surface area contributed by atoms with E-state index in [0.29, 0.717) is 0 Å². The molecule has 2 aromatic rings. The maximum atomic E-state index is 5.76. The molecule has 1 aromatic heterocycles. The molecule has 0 spiro atoms. The van der Waals surface area contributed by atoms with Crippen LogP contribution in [0.25, 0.3) is 0 Å². The molecule has 2 rings (SSSR count). The van der Waals surface area contributed by atoms with Crippen LogP contribution in [0.5, 0.6) is 0 Å². The van der Waals surface area contributed by atoms with Crippen LogP contribution < -0.4 is 11.3 Å². The lowest BCUT2D eigenvalue weighted by Gasteiger charge is -2.18. The average Bonchev–Trinajstić information content (AvgIpc) is 2.39. The van der Waals surface area contributed by atoms with E-state index in [1.807, 2.05) is 13.8 Å². The Hall–Kier alpha value is -1.71. The Balaban J connectivity index is 2.43. The van der Waals surface area contributed by atoms with Crippen LogP contribution in [-0.4, -0.2) is 4.98 Å².